The van der Waals surface area contributed by atoms with Gasteiger partial charge in [-0.15, -0.1) is 0 Å². The Hall–Kier alpha value is -2.49. The van der Waals surface area contributed by atoms with Crippen molar-refractivity contribution >= 4 is 16.6 Å². The summed E-state index contributed by atoms with van der Waals surface area (Å²) in [5, 5.41) is 1.01. The van der Waals surface area contributed by atoms with E-state index in [1.165, 1.54) is 0 Å². The average Bonchev–Trinajstić information content (AvgIpc) is 2.38. The molecule has 2 N–H and O–H groups in total. The molecule has 0 bridgehead atoms. The summed E-state index contributed by atoms with van der Waals surface area (Å²) in [5.41, 5.74) is 9.29. The molecule has 2 aromatic heterocycles. The van der Waals surface area contributed by atoms with Gasteiger partial charge >= 0.3 is 0 Å². The number of nitrogen functional groups attached to an aromatic ring is 1. The second kappa shape index (κ2) is 3.83. The molecule has 0 aliphatic carbocycles. The predicted molar refractivity (Wildman–Crippen MR) is 67.2 cm³/mol. The summed E-state index contributed by atoms with van der Waals surface area (Å²) in [4.78, 5) is 12.4. The first-order valence-electron chi connectivity index (χ1n) is 5.24. The van der Waals surface area contributed by atoms with E-state index in [0.29, 0.717) is 5.69 Å². The fourth-order valence-corrected chi connectivity index (χ4v) is 1.85. The van der Waals surface area contributed by atoms with Gasteiger partial charge in [0.1, 0.15) is 6.33 Å². The Morgan fingerprint density at radius 3 is 2.82 bits per heavy atom. The molecule has 0 aliphatic rings. The standard InChI is InChI=1S/C13H10N4/c14-11-4-10(6-15-7-11)12-3-1-2-9-5-16-8-17-13(9)12/h1-8H,14H2. The second-order valence-electron chi connectivity index (χ2n) is 3.77. The van der Waals surface area contributed by atoms with Crippen LogP contribution in [0.15, 0.2) is 49.2 Å². The molecular weight excluding hydrogens is 212 g/mol. The number of rotatable bonds is 1. The Bertz CT molecular complexity index is 674. The number of para-hydroxylation sites is 1. The van der Waals surface area contributed by atoms with E-state index in [-0.39, 0.29) is 0 Å². The van der Waals surface area contributed by atoms with Gasteiger partial charge in [0, 0.05) is 35.1 Å². The Balaban J connectivity index is 2.30. The number of aromatic nitrogens is 3. The van der Waals surface area contributed by atoms with E-state index in [9.17, 15) is 0 Å². The fraction of sp³-hybridized carbons (Fsp3) is 0. The highest BCUT2D eigenvalue weighted by molar-refractivity contribution is 5.93. The van der Waals surface area contributed by atoms with Gasteiger partial charge in [0.05, 0.1) is 11.2 Å². The van der Waals surface area contributed by atoms with Gasteiger partial charge in [0.25, 0.3) is 0 Å². The highest BCUT2D eigenvalue weighted by atomic mass is 14.8. The van der Waals surface area contributed by atoms with Gasteiger partial charge in [-0.1, -0.05) is 18.2 Å². The van der Waals surface area contributed by atoms with Crippen molar-refractivity contribution in [2.45, 2.75) is 0 Å². The first kappa shape index (κ1) is 9.72. The monoisotopic (exact) mass is 222 g/mol. The minimum absolute atomic E-state index is 0.647. The molecule has 0 unspecified atom stereocenters. The smallest absolute Gasteiger partial charge is 0.116 e. The van der Waals surface area contributed by atoms with Crippen molar-refractivity contribution in [1.29, 1.82) is 0 Å². The topological polar surface area (TPSA) is 64.7 Å². The SMILES string of the molecule is Nc1cncc(-c2cccc3cncnc23)c1. The molecule has 0 aliphatic heterocycles. The van der Waals surface area contributed by atoms with Crippen LogP contribution >= 0.6 is 0 Å². The summed E-state index contributed by atoms with van der Waals surface area (Å²) in [6.07, 6.45) is 6.76. The van der Waals surface area contributed by atoms with Crippen LogP contribution in [-0.4, -0.2) is 15.0 Å². The lowest BCUT2D eigenvalue weighted by Gasteiger charge is -2.05. The van der Waals surface area contributed by atoms with Gasteiger partial charge < -0.3 is 5.73 Å². The number of hydrogen-bond acceptors (Lipinski definition) is 4. The van der Waals surface area contributed by atoms with Crippen LogP contribution in [0.2, 0.25) is 0 Å². The number of hydrogen-bond donors (Lipinski definition) is 1. The van der Waals surface area contributed by atoms with E-state index in [0.717, 1.165) is 22.0 Å². The van der Waals surface area contributed by atoms with Gasteiger partial charge in [-0.05, 0) is 6.07 Å². The Kier molecular flexibility index (Phi) is 2.19. The molecule has 2 heterocycles. The third kappa shape index (κ3) is 1.69. The van der Waals surface area contributed by atoms with Gasteiger partial charge in [0.2, 0.25) is 0 Å². The summed E-state index contributed by atoms with van der Waals surface area (Å²) in [6, 6.07) is 7.86. The van der Waals surface area contributed by atoms with Crippen LogP contribution < -0.4 is 5.73 Å². The fourth-order valence-electron chi connectivity index (χ4n) is 1.85. The van der Waals surface area contributed by atoms with Crippen LogP contribution in [0.25, 0.3) is 22.0 Å². The molecule has 0 fully saturated rings. The third-order valence-electron chi connectivity index (χ3n) is 2.60. The molecule has 82 valence electrons. The molecule has 0 saturated carbocycles. The van der Waals surface area contributed by atoms with Crippen molar-refractivity contribution in [3.63, 3.8) is 0 Å². The maximum absolute atomic E-state index is 5.74. The second-order valence-corrected chi connectivity index (χ2v) is 3.77. The number of pyridine rings is 1. The van der Waals surface area contributed by atoms with Crippen molar-refractivity contribution in [3.8, 4) is 11.1 Å². The molecule has 3 aromatic rings. The molecule has 4 nitrogen and oxygen atoms in total. The molecule has 3 rings (SSSR count). The highest BCUT2D eigenvalue weighted by Crippen LogP contribution is 2.26. The zero-order valence-corrected chi connectivity index (χ0v) is 9.04. The summed E-state index contributed by atoms with van der Waals surface area (Å²) in [6.45, 7) is 0. The largest absolute Gasteiger partial charge is 0.397 e. The maximum atomic E-state index is 5.74. The van der Waals surface area contributed by atoms with Crippen molar-refractivity contribution in [1.82, 2.24) is 15.0 Å². The van der Waals surface area contributed by atoms with Crippen molar-refractivity contribution in [2.24, 2.45) is 0 Å². The molecule has 17 heavy (non-hydrogen) atoms. The van der Waals surface area contributed by atoms with Crippen LogP contribution in [0.5, 0.6) is 0 Å². The van der Waals surface area contributed by atoms with E-state index >= 15 is 0 Å². The normalized spacial score (nSPS) is 10.6. The Morgan fingerprint density at radius 2 is 1.94 bits per heavy atom. The third-order valence-corrected chi connectivity index (χ3v) is 2.60. The summed E-state index contributed by atoms with van der Waals surface area (Å²) >= 11 is 0. The van der Waals surface area contributed by atoms with Crippen LogP contribution in [0.3, 0.4) is 0 Å². The lowest BCUT2D eigenvalue weighted by atomic mass is 10.0. The highest BCUT2D eigenvalue weighted by Gasteiger charge is 2.05. The first-order chi connectivity index (χ1) is 8.34. The van der Waals surface area contributed by atoms with Gasteiger partial charge in [-0.2, -0.15) is 0 Å². The molecule has 0 saturated heterocycles. The van der Waals surface area contributed by atoms with E-state index in [2.05, 4.69) is 15.0 Å². The van der Waals surface area contributed by atoms with Gasteiger partial charge in [-0.3, -0.25) is 4.98 Å². The van der Waals surface area contributed by atoms with Gasteiger partial charge in [-0.25, -0.2) is 9.97 Å². The first-order valence-corrected chi connectivity index (χ1v) is 5.24. The van der Waals surface area contributed by atoms with Crippen LogP contribution in [0.4, 0.5) is 5.69 Å². The molecule has 0 atom stereocenters. The number of benzene rings is 1. The van der Waals surface area contributed by atoms with E-state index in [1.54, 1.807) is 24.9 Å². The van der Waals surface area contributed by atoms with Crippen LogP contribution in [0.1, 0.15) is 0 Å². The van der Waals surface area contributed by atoms with E-state index in [4.69, 9.17) is 5.73 Å². The van der Waals surface area contributed by atoms with E-state index in [1.807, 2.05) is 24.3 Å². The van der Waals surface area contributed by atoms with Gasteiger partial charge in [0.15, 0.2) is 0 Å². The average molecular weight is 222 g/mol. The Labute approximate surface area is 98.2 Å². The molecule has 0 spiro atoms. The zero-order chi connectivity index (χ0) is 11.7. The summed E-state index contributed by atoms with van der Waals surface area (Å²) in [7, 11) is 0. The minimum Gasteiger partial charge on any atom is -0.397 e. The molecule has 4 heteroatoms. The minimum atomic E-state index is 0.647. The molecule has 1 aromatic carbocycles. The zero-order valence-electron chi connectivity index (χ0n) is 9.04. The predicted octanol–water partition coefficient (Wildman–Crippen LogP) is 2.27. The lowest BCUT2D eigenvalue weighted by molar-refractivity contribution is 1.22. The number of fused-ring (bicyclic) bond motifs is 1. The summed E-state index contributed by atoms with van der Waals surface area (Å²) in [5.74, 6) is 0. The van der Waals surface area contributed by atoms with E-state index < -0.39 is 0 Å². The van der Waals surface area contributed by atoms with Crippen LogP contribution in [-0.2, 0) is 0 Å². The molecule has 0 amide bonds. The Morgan fingerprint density at radius 1 is 1.00 bits per heavy atom. The number of anilines is 1. The van der Waals surface area contributed by atoms with Crippen molar-refractivity contribution < 1.29 is 0 Å². The van der Waals surface area contributed by atoms with Crippen molar-refractivity contribution in [2.75, 3.05) is 5.73 Å². The lowest BCUT2D eigenvalue weighted by Crippen LogP contribution is -1.90. The van der Waals surface area contributed by atoms with Crippen LogP contribution in [0, 0.1) is 0 Å². The maximum Gasteiger partial charge on any atom is 0.116 e. The quantitative estimate of drug-likeness (QED) is 0.686. The number of nitrogens with two attached hydrogens (primary N) is 1. The molecule has 0 radical (unpaired) electrons. The van der Waals surface area contributed by atoms with Crippen molar-refractivity contribution in [3.05, 3.63) is 49.2 Å². The molecular formula is C13H10N4. The summed E-state index contributed by atoms with van der Waals surface area (Å²) < 4.78 is 0. The number of nitrogens with zero attached hydrogens (tertiary/aromatic N) is 3.